The molecule has 0 amide bonds. The normalized spacial score (nSPS) is 27.8. The molecule has 0 saturated heterocycles. The van der Waals surface area contributed by atoms with Crippen LogP contribution in [0.2, 0.25) is 0 Å². The molecule has 3 saturated carbocycles. The summed E-state index contributed by atoms with van der Waals surface area (Å²) in [6, 6.07) is 16.3. The standard InChI is InChI=1S/C53H76O6/c1-37(2)14-12-15-39(5)47-27-28-48-46-26-21-42-36-45(29-31-52(42,6)49(46)30-32-53(47,48)7)59-50(54)16-13-35-57-44-24-19-41(20-25-44)40-17-22-43(23-18-40)56-33-10-8-9-11-34-58-51(55)38(3)4/h17-25,37,39,45-49H,3,8-16,26-36H2,1-2,4-7H3/t39-,45+,46+,47-,48+,49+,52+,53-/m1/s1. The van der Waals surface area contributed by atoms with Gasteiger partial charge < -0.3 is 18.9 Å². The molecule has 0 aromatic heterocycles. The molecule has 0 spiro atoms. The maximum absolute atomic E-state index is 13.0. The summed E-state index contributed by atoms with van der Waals surface area (Å²) in [5, 5.41) is 0. The summed E-state index contributed by atoms with van der Waals surface area (Å²) in [5.41, 5.74) is 5.03. The Kier molecular flexibility index (Phi) is 15.9. The van der Waals surface area contributed by atoms with Crippen molar-refractivity contribution in [2.75, 3.05) is 19.8 Å². The maximum Gasteiger partial charge on any atom is 0.333 e. The molecule has 0 aliphatic heterocycles. The maximum atomic E-state index is 13.0. The lowest BCUT2D eigenvalue weighted by Gasteiger charge is -2.58. The van der Waals surface area contributed by atoms with E-state index in [4.69, 9.17) is 18.9 Å². The molecule has 0 heterocycles. The van der Waals surface area contributed by atoms with Gasteiger partial charge in [0, 0.05) is 18.4 Å². The Morgan fingerprint density at radius 1 is 0.746 bits per heavy atom. The topological polar surface area (TPSA) is 71.1 Å². The monoisotopic (exact) mass is 809 g/mol. The van der Waals surface area contributed by atoms with Gasteiger partial charge >= 0.3 is 11.9 Å². The predicted molar refractivity (Wildman–Crippen MR) is 239 cm³/mol. The van der Waals surface area contributed by atoms with Gasteiger partial charge in [-0.2, -0.15) is 0 Å². The third kappa shape index (κ3) is 11.4. The average Bonchev–Trinajstić information content (AvgIpc) is 3.58. The summed E-state index contributed by atoms with van der Waals surface area (Å²) in [6.07, 6.45) is 21.5. The van der Waals surface area contributed by atoms with Crippen LogP contribution >= 0.6 is 0 Å². The van der Waals surface area contributed by atoms with E-state index in [1.807, 2.05) is 24.3 Å². The van der Waals surface area contributed by atoms with Crippen molar-refractivity contribution in [3.63, 3.8) is 0 Å². The fraction of sp³-hybridized carbons (Fsp3) is 0.660. The molecule has 8 atom stereocenters. The Morgan fingerprint density at radius 3 is 2.03 bits per heavy atom. The Hall–Kier alpha value is -3.54. The van der Waals surface area contributed by atoms with Crippen LogP contribution in [0.25, 0.3) is 11.1 Å². The van der Waals surface area contributed by atoms with E-state index in [2.05, 4.69) is 71.5 Å². The van der Waals surface area contributed by atoms with E-state index in [1.54, 1.807) is 12.5 Å². The van der Waals surface area contributed by atoms with Gasteiger partial charge in [0.05, 0.1) is 19.8 Å². The molecule has 0 unspecified atom stereocenters. The van der Waals surface area contributed by atoms with Crippen LogP contribution in [0.15, 0.2) is 72.3 Å². The molecule has 4 aliphatic rings. The molecule has 324 valence electrons. The third-order valence-corrected chi connectivity index (χ3v) is 15.3. The minimum Gasteiger partial charge on any atom is -0.494 e. The lowest BCUT2D eigenvalue weighted by atomic mass is 9.47. The number of carbonyl (C=O) groups is 2. The zero-order valence-electron chi connectivity index (χ0n) is 37.5. The highest BCUT2D eigenvalue weighted by Gasteiger charge is 2.59. The van der Waals surface area contributed by atoms with E-state index >= 15 is 0 Å². The number of benzene rings is 2. The van der Waals surface area contributed by atoms with Gasteiger partial charge in [0.1, 0.15) is 17.6 Å². The van der Waals surface area contributed by atoms with Gasteiger partial charge in [-0.05, 0) is 166 Å². The highest BCUT2D eigenvalue weighted by Crippen LogP contribution is 2.67. The van der Waals surface area contributed by atoms with E-state index in [-0.39, 0.29) is 23.5 Å². The van der Waals surface area contributed by atoms with Crippen molar-refractivity contribution in [1.82, 2.24) is 0 Å². The van der Waals surface area contributed by atoms with Gasteiger partial charge in [0.15, 0.2) is 0 Å². The lowest BCUT2D eigenvalue weighted by Crippen LogP contribution is -2.51. The molecule has 0 N–H and O–H groups in total. The Labute approximate surface area is 357 Å². The molecule has 0 radical (unpaired) electrons. The number of rotatable bonds is 21. The number of allylic oxidation sites excluding steroid dienone is 1. The van der Waals surface area contributed by atoms with Crippen molar-refractivity contribution in [1.29, 1.82) is 0 Å². The van der Waals surface area contributed by atoms with Gasteiger partial charge in [-0.3, -0.25) is 4.79 Å². The van der Waals surface area contributed by atoms with E-state index < -0.39 is 0 Å². The number of hydrogen-bond acceptors (Lipinski definition) is 6. The SMILES string of the molecule is C=C(C)C(=O)OCCCCCCOc1ccc(-c2ccc(OCCCC(=O)O[C@H]3CC[C@@]4(C)C(=CC[C@H]5[C@@H]6CC[C@H]([C@H](C)CCCC(C)C)[C@@]6(C)CC[C@@H]54)C3)cc2)cc1. The van der Waals surface area contributed by atoms with Crippen LogP contribution in [0.1, 0.15) is 151 Å². The highest BCUT2D eigenvalue weighted by molar-refractivity contribution is 5.86. The third-order valence-electron chi connectivity index (χ3n) is 15.3. The largest absolute Gasteiger partial charge is 0.494 e. The minimum atomic E-state index is -0.316. The molecule has 3 fully saturated rings. The van der Waals surface area contributed by atoms with Crippen molar-refractivity contribution >= 4 is 11.9 Å². The van der Waals surface area contributed by atoms with Crippen LogP contribution in [-0.4, -0.2) is 37.9 Å². The summed E-state index contributed by atoms with van der Waals surface area (Å²) in [7, 11) is 0. The zero-order chi connectivity index (χ0) is 42.0. The van der Waals surface area contributed by atoms with Gasteiger partial charge in [-0.15, -0.1) is 0 Å². The molecule has 59 heavy (non-hydrogen) atoms. The van der Waals surface area contributed by atoms with Gasteiger partial charge in [-0.25, -0.2) is 4.79 Å². The molecule has 6 heteroatoms. The molecule has 2 aromatic rings. The first-order valence-corrected chi connectivity index (χ1v) is 23.5. The van der Waals surface area contributed by atoms with Crippen LogP contribution in [0.3, 0.4) is 0 Å². The van der Waals surface area contributed by atoms with Crippen molar-refractivity contribution in [3.05, 3.63) is 72.3 Å². The quantitative estimate of drug-likeness (QED) is 0.0541. The minimum absolute atomic E-state index is 0.00615. The van der Waals surface area contributed by atoms with E-state index in [9.17, 15) is 9.59 Å². The Bertz CT molecular complexity index is 1710. The van der Waals surface area contributed by atoms with Gasteiger partial charge in [0.2, 0.25) is 0 Å². The molecule has 4 aliphatic carbocycles. The van der Waals surface area contributed by atoms with Crippen molar-refractivity contribution in [3.8, 4) is 22.6 Å². The molecule has 6 nitrogen and oxygen atoms in total. The second-order valence-electron chi connectivity index (χ2n) is 19.8. The van der Waals surface area contributed by atoms with E-state index in [0.29, 0.717) is 43.7 Å². The van der Waals surface area contributed by atoms with Crippen LogP contribution in [0, 0.1) is 46.3 Å². The first-order chi connectivity index (χ1) is 28.4. The average molecular weight is 809 g/mol. The molecule has 0 bridgehead atoms. The number of unbranched alkanes of at least 4 members (excludes halogenated alkanes) is 3. The van der Waals surface area contributed by atoms with Crippen LogP contribution in [-0.2, 0) is 19.1 Å². The molecular formula is C53H76O6. The van der Waals surface area contributed by atoms with Gasteiger partial charge in [0.25, 0.3) is 0 Å². The summed E-state index contributed by atoms with van der Waals surface area (Å²) < 4.78 is 23.2. The van der Waals surface area contributed by atoms with E-state index in [0.717, 1.165) is 103 Å². The summed E-state index contributed by atoms with van der Waals surface area (Å²) in [5.74, 6) is 6.28. The second-order valence-corrected chi connectivity index (χ2v) is 19.8. The fourth-order valence-corrected chi connectivity index (χ4v) is 11.9. The highest BCUT2D eigenvalue weighted by atomic mass is 16.5. The second kappa shape index (κ2) is 20.8. The number of esters is 2. The predicted octanol–water partition coefficient (Wildman–Crippen LogP) is 13.5. The number of hydrogen-bond donors (Lipinski definition) is 0. The van der Waals surface area contributed by atoms with Crippen molar-refractivity contribution in [2.45, 2.75) is 157 Å². The molecule has 6 rings (SSSR count). The van der Waals surface area contributed by atoms with Gasteiger partial charge in [-0.1, -0.05) is 96.4 Å². The van der Waals surface area contributed by atoms with E-state index in [1.165, 1.54) is 51.4 Å². The first-order valence-electron chi connectivity index (χ1n) is 23.5. The molecule has 2 aromatic carbocycles. The fourth-order valence-electron chi connectivity index (χ4n) is 11.9. The zero-order valence-corrected chi connectivity index (χ0v) is 37.5. The Morgan fingerprint density at radius 2 is 1.39 bits per heavy atom. The number of fused-ring (bicyclic) bond motifs is 5. The summed E-state index contributed by atoms with van der Waals surface area (Å²) >= 11 is 0. The number of carbonyl (C=O) groups excluding carboxylic acids is 2. The van der Waals surface area contributed by atoms with Crippen molar-refractivity contribution < 1.29 is 28.5 Å². The van der Waals surface area contributed by atoms with Crippen LogP contribution < -0.4 is 9.47 Å². The van der Waals surface area contributed by atoms with Crippen LogP contribution in [0.4, 0.5) is 0 Å². The number of ether oxygens (including phenoxy) is 4. The van der Waals surface area contributed by atoms with Crippen LogP contribution in [0.5, 0.6) is 11.5 Å². The smallest absolute Gasteiger partial charge is 0.333 e. The van der Waals surface area contributed by atoms with Crippen molar-refractivity contribution in [2.24, 2.45) is 46.3 Å². The Balaban J connectivity index is 0.869. The molecular weight excluding hydrogens is 733 g/mol. The lowest BCUT2D eigenvalue weighted by molar-refractivity contribution is -0.151. The summed E-state index contributed by atoms with van der Waals surface area (Å²) in [6.45, 7) is 19.4. The summed E-state index contributed by atoms with van der Waals surface area (Å²) in [4.78, 5) is 24.4. The first kappa shape index (κ1) is 45.0.